The fraction of sp³-hybridized carbons (Fsp3) is 0.583. The highest BCUT2D eigenvalue weighted by atomic mass is 19.1. The summed E-state index contributed by atoms with van der Waals surface area (Å²) in [6.45, 7) is 4.85. The summed E-state index contributed by atoms with van der Waals surface area (Å²) in [7, 11) is 0. The summed E-state index contributed by atoms with van der Waals surface area (Å²) in [6, 6.07) is 6.35. The van der Waals surface area contributed by atoms with Gasteiger partial charge in [0.1, 0.15) is 11.4 Å². The Bertz CT molecular complexity index is 673. The maximum Gasteiger partial charge on any atom is 0.152 e. The lowest BCUT2D eigenvalue weighted by molar-refractivity contribution is -0.0986. The lowest BCUT2D eigenvalue weighted by Crippen LogP contribution is -2.49. The highest BCUT2D eigenvalue weighted by molar-refractivity contribution is 5.76. The molecule has 0 radical (unpaired) electrons. The monoisotopic (exact) mass is 374 g/mol. The first-order chi connectivity index (χ1) is 13.1. The zero-order valence-electron chi connectivity index (χ0n) is 16.6. The van der Waals surface area contributed by atoms with Gasteiger partial charge < -0.3 is 4.74 Å². The second kappa shape index (κ2) is 9.14. The summed E-state index contributed by atoms with van der Waals surface area (Å²) in [5.74, 6) is 0.678. The number of rotatable bonds is 7. The van der Waals surface area contributed by atoms with Crippen LogP contribution in [0.25, 0.3) is 5.57 Å². The van der Waals surface area contributed by atoms with E-state index in [1.54, 1.807) is 12.1 Å². The van der Waals surface area contributed by atoms with E-state index in [1.807, 2.05) is 18.2 Å². The van der Waals surface area contributed by atoms with Crippen molar-refractivity contribution >= 4 is 5.57 Å². The van der Waals surface area contributed by atoms with Crippen molar-refractivity contribution in [2.75, 3.05) is 6.61 Å². The minimum atomic E-state index is -1.21. The van der Waals surface area contributed by atoms with Crippen LogP contribution < -0.4 is 0 Å². The van der Waals surface area contributed by atoms with Crippen molar-refractivity contribution < 1.29 is 13.5 Å². The first-order valence-electron chi connectivity index (χ1n) is 10.5. The van der Waals surface area contributed by atoms with Crippen molar-refractivity contribution in [3.8, 4) is 0 Å². The van der Waals surface area contributed by atoms with E-state index in [1.165, 1.54) is 25.0 Å². The quantitative estimate of drug-likeness (QED) is 0.505. The van der Waals surface area contributed by atoms with Crippen molar-refractivity contribution in [1.82, 2.24) is 0 Å². The van der Waals surface area contributed by atoms with E-state index in [0.717, 1.165) is 43.6 Å². The van der Waals surface area contributed by atoms with Gasteiger partial charge in [-0.25, -0.2) is 8.78 Å². The number of hydrogen-bond acceptors (Lipinski definition) is 1. The number of allylic oxidation sites excluding steroid dienone is 2. The summed E-state index contributed by atoms with van der Waals surface area (Å²) in [6.07, 6.45) is 12.0. The second-order valence-electron chi connectivity index (χ2n) is 8.08. The molecule has 0 heterocycles. The van der Waals surface area contributed by atoms with Gasteiger partial charge in [-0.2, -0.15) is 0 Å². The highest BCUT2D eigenvalue weighted by Crippen LogP contribution is 2.45. The van der Waals surface area contributed by atoms with Crippen LogP contribution in [0.5, 0.6) is 0 Å². The molecular weight excluding hydrogens is 342 g/mol. The fourth-order valence-corrected chi connectivity index (χ4v) is 4.71. The molecule has 2 aliphatic carbocycles. The summed E-state index contributed by atoms with van der Waals surface area (Å²) >= 11 is 0. The molecule has 1 fully saturated rings. The summed E-state index contributed by atoms with van der Waals surface area (Å²) in [4.78, 5) is 0. The lowest BCUT2D eigenvalue weighted by atomic mass is 9.69. The summed E-state index contributed by atoms with van der Waals surface area (Å²) < 4.78 is 35.3. The predicted molar refractivity (Wildman–Crippen MR) is 108 cm³/mol. The van der Waals surface area contributed by atoms with Gasteiger partial charge in [-0.1, -0.05) is 57.7 Å². The number of ether oxygens (including phenoxy) is 1. The van der Waals surface area contributed by atoms with E-state index in [-0.39, 0.29) is 11.7 Å². The van der Waals surface area contributed by atoms with Gasteiger partial charge in [-0.3, -0.25) is 0 Å². The zero-order valence-corrected chi connectivity index (χ0v) is 16.6. The molecule has 1 saturated carbocycles. The molecule has 0 N–H and O–H groups in total. The molecule has 1 nitrogen and oxygen atoms in total. The van der Waals surface area contributed by atoms with Gasteiger partial charge in [0, 0.05) is 6.61 Å². The average molecular weight is 375 g/mol. The van der Waals surface area contributed by atoms with Crippen molar-refractivity contribution in [3.05, 3.63) is 53.9 Å². The third-order valence-electron chi connectivity index (χ3n) is 6.18. The minimum Gasteiger partial charge on any atom is -0.367 e. The first kappa shape index (κ1) is 20.3. The average Bonchev–Trinajstić information content (AvgIpc) is 2.68. The van der Waals surface area contributed by atoms with Crippen molar-refractivity contribution in [3.63, 3.8) is 0 Å². The molecule has 1 aromatic rings. The topological polar surface area (TPSA) is 9.23 Å². The molecule has 148 valence electrons. The molecule has 0 aromatic heterocycles. The molecule has 0 bridgehead atoms. The molecule has 3 rings (SSSR count). The van der Waals surface area contributed by atoms with Crippen LogP contribution in [0, 0.1) is 17.7 Å². The van der Waals surface area contributed by atoms with Gasteiger partial charge in [-0.15, -0.1) is 0 Å². The first-order valence-corrected chi connectivity index (χ1v) is 10.5. The van der Waals surface area contributed by atoms with Crippen LogP contribution in [0.4, 0.5) is 8.78 Å². The highest BCUT2D eigenvalue weighted by Gasteiger charge is 2.46. The summed E-state index contributed by atoms with van der Waals surface area (Å²) in [5.41, 5.74) is 0.575. The normalized spacial score (nSPS) is 31.0. The van der Waals surface area contributed by atoms with Crippen LogP contribution in [0.3, 0.4) is 0 Å². The fourth-order valence-electron chi connectivity index (χ4n) is 4.71. The Labute approximate surface area is 162 Å². The van der Waals surface area contributed by atoms with E-state index >= 15 is 4.39 Å². The lowest BCUT2D eigenvalue weighted by Gasteiger charge is -2.44. The van der Waals surface area contributed by atoms with E-state index in [4.69, 9.17) is 4.74 Å². The number of benzene rings is 1. The van der Waals surface area contributed by atoms with Crippen LogP contribution in [0.15, 0.2) is 42.5 Å². The maximum absolute atomic E-state index is 15.5. The number of halogens is 2. The Hall–Kier alpha value is -1.48. The molecule has 2 aliphatic rings. The molecular formula is C24H32F2O. The van der Waals surface area contributed by atoms with Crippen LogP contribution in [0.2, 0.25) is 0 Å². The third-order valence-corrected chi connectivity index (χ3v) is 6.18. The zero-order chi connectivity index (χ0) is 19.3. The summed E-state index contributed by atoms with van der Waals surface area (Å²) in [5, 5.41) is 0. The molecule has 0 aliphatic heterocycles. The Morgan fingerprint density at radius 3 is 2.52 bits per heavy atom. The Kier molecular flexibility index (Phi) is 6.86. The molecule has 0 spiro atoms. The second-order valence-corrected chi connectivity index (χ2v) is 8.08. The van der Waals surface area contributed by atoms with Gasteiger partial charge in [0.2, 0.25) is 0 Å². The largest absolute Gasteiger partial charge is 0.367 e. The van der Waals surface area contributed by atoms with E-state index < -0.39 is 11.8 Å². The van der Waals surface area contributed by atoms with Gasteiger partial charge in [0.15, 0.2) is 6.17 Å². The Morgan fingerprint density at radius 2 is 1.89 bits per heavy atom. The van der Waals surface area contributed by atoms with Gasteiger partial charge in [0.25, 0.3) is 0 Å². The van der Waals surface area contributed by atoms with E-state index in [2.05, 4.69) is 13.8 Å². The third kappa shape index (κ3) is 4.51. The standard InChI is InChI=1S/C24H32F2O/c1-3-6-18-9-11-21(12-10-18)24(27-15-4-2)14-13-20(17-23(24)26)19-7-5-8-22(25)16-19/h5,7-8,13-14,16-18,21,23H,3-4,6,9-12,15H2,1-2H3. The number of alkyl halides is 1. The Morgan fingerprint density at radius 1 is 1.11 bits per heavy atom. The SMILES string of the molecule is CCCOC1(C2CCC(CCC)CC2)C=CC(c2cccc(F)c2)=CC1F. The number of hydrogen-bond donors (Lipinski definition) is 0. The van der Waals surface area contributed by atoms with Crippen LogP contribution >= 0.6 is 0 Å². The molecule has 1 aromatic carbocycles. The molecule has 3 heteroatoms. The minimum absolute atomic E-state index is 0.203. The van der Waals surface area contributed by atoms with Crippen LogP contribution in [0.1, 0.15) is 64.4 Å². The van der Waals surface area contributed by atoms with Crippen molar-refractivity contribution in [2.45, 2.75) is 70.6 Å². The molecule has 0 saturated heterocycles. The predicted octanol–water partition coefficient (Wildman–Crippen LogP) is 6.89. The van der Waals surface area contributed by atoms with Crippen LogP contribution in [-0.4, -0.2) is 18.4 Å². The molecule has 0 amide bonds. The van der Waals surface area contributed by atoms with E-state index in [0.29, 0.717) is 12.2 Å². The van der Waals surface area contributed by atoms with Crippen molar-refractivity contribution in [2.24, 2.45) is 11.8 Å². The van der Waals surface area contributed by atoms with Gasteiger partial charge >= 0.3 is 0 Å². The molecule has 2 atom stereocenters. The van der Waals surface area contributed by atoms with Gasteiger partial charge in [-0.05, 0) is 66.5 Å². The van der Waals surface area contributed by atoms with Crippen molar-refractivity contribution in [1.29, 1.82) is 0 Å². The molecule has 2 unspecified atom stereocenters. The smallest absolute Gasteiger partial charge is 0.152 e. The molecule has 27 heavy (non-hydrogen) atoms. The van der Waals surface area contributed by atoms with Gasteiger partial charge in [0.05, 0.1) is 0 Å². The maximum atomic E-state index is 15.5. The van der Waals surface area contributed by atoms with E-state index in [9.17, 15) is 4.39 Å². The van der Waals surface area contributed by atoms with Crippen LogP contribution in [-0.2, 0) is 4.74 Å². The Balaban J connectivity index is 1.80.